The van der Waals surface area contributed by atoms with Crippen molar-refractivity contribution in [1.29, 1.82) is 0 Å². The predicted octanol–water partition coefficient (Wildman–Crippen LogP) is 4.24. The van der Waals surface area contributed by atoms with Crippen molar-refractivity contribution >= 4 is 27.6 Å². The van der Waals surface area contributed by atoms with Gasteiger partial charge in [0.25, 0.3) is 0 Å². The molecule has 0 saturated carbocycles. The van der Waals surface area contributed by atoms with E-state index in [0.29, 0.717) is 10.4 Å². The first-order valence-corrected chi connectivity index (χ1v) is 8.43. The SMILES string of the molecule is COc1ccc(C2=C[C@@H](c3ccc(F)c(Br)c3)n3ncnc3N2)cc1. The third kappa shape index (κ3) is 2.91. The van der Waals surface area contributed by atoms with Gasteiger partial charge in [0, 0.05) is 5.70 Å². The Kier molecular flexibility index (Phi) is 4.01. The molecule has 0 unspecified atom stereocenters. The topological polar surface area (TPSA) is 52.0 Å². The van der Waals surface area contributed by atoms with Crippen molar-refractivity contribution in [3.63, 3.8) is 0 Å². The average molecular weight is 401 g/mol. The van der Waals surface area contributed by atoms with Crippen LogP contribution in [0, 0.1) is 5.82 Å². The Morgan fingerprint density at radius 3 is 2.72 bits per heavy atom. The lowest BCUT2D eigenvalue weighted by Crippen LogP contribution is -2.20. The van der Waals surface area contributed by atoms with Gasteiger partial charge in [0.15, 0.2) is 0 Å². The molecule has 4 rings (SSSR count). The Morgan fingerprint density at radius 2 is 2.00 bits per heavy atom. The molecule has 0 aliphatic carbocycles. The number of hydrogen-bond donors (Lipinski definition) is 1. The summed E-state index contributed by atoms with van der Waals surface area (Å²) in [5.41, 5.74) is 2.82. The van der Waals surface area contributed by atoms with E-state index in [4.69, 9.17) is 4.74 Å². The van der Waals surface area contributed by atoms with E-state index in [-0.39, 0.29) is 11.9 Å². The summed E-state index contributed by atoms with van der Waals surface area (Å²) in [7, 11) is 1.64. The number of methoxy groups -OCH3 is 1. The van der Waals surface area contributed by atoms with Crippen LogP contribution in [-0.2, 0) is 0 Å². The molecule has 1 aromatic heterocycles. The van der Waals surface area contributed by atoms with Crippen LogP contribution >= 0.6 is 15.9 Å². The highest BCUT2D eigenvalue weighted by molar-refractivity contribution is 9.10. The number of nitrogens with one attached hydrogen (secondary N) is 1. The summed E-state index contributed by atoms with van der Waals surface area (Å²) in [6.45, 7) is 0. The van der Waals surface area contributed by atoms with Crippen LogP contribution in [0.1, 0.15) is 17.2 Å². The molecule has 1 aliphatic rings. The van der Waals surface area contributed by atoms with Gasteiger partial charge >= 0.3 is 0 Å². The minimum Gasteiger partial charge on any atom is -0.497 e. The van der Waals surface area contributed by atoms with Crippen LogP contribution in [-0.4, -0.2) is 21.9 Å². The molecular weight excluding hydrogens is 387 g/mol. The van der Waals surface area contributed by atoms with Gasteiger partial charge < -0.3 is 10.1 Å². The first-order chi connectivity index (χ1) is 12.2. The van der Waals surface area contributed by atoms with Crippen LogP contribution in [0.15, 0.2) is 59.3 Å². The molecule has 0 fully saturated rings. The molecule has 25 heavy (non-hydrogen) atoms. The van der Waals surface area contributed by atoms with Gasteiger partial charge in [-0.15, -0.1) is 0 Å². The number of benzene rings is 2. The van der Waals surface area contributed by atoms with Gasteiger partial charge in [-0.2, -0.15) is 10.1 Å². The third-order valence-electron chi connectivity index (χ3n) is 4.09. The molecule has 5 nitrogen and oxygen atoms in total. The zero-order valence-electron chi connectivity index (χ0n) is 13.3. The molecule has 0 radical (unpaired) electrons. The van der Waals surface area contributed by atoms with Crippen molar-refractivity contribution in [2.24, 2.45) is 0 Å². The van der Waals surface area contributed by atoms with Gasteiger partial charge in [-0.1, -0.05) is 6.07 Å². The van der Waals surface area contributed by atoms with E-state index in [9.17, 15) is 4.39 Å². The second kappa shape index (κ2) is 6.33. The van der Waals surface area contributed by atoms with Crippen molar-refractivity contribution in [1.82, 2.24) is 14.8 Å². The lowest BCUT2D eigenvalue weighted by atomic mass is 10.0. The Bertz CT molecular complexity index is 952. The fourth-order valence-corrected chi connectivity index (χ4v) is 3.20. The Morgan fingerprint density at radius 1 is 1.20 bits per heavy atom. The number of anilines is 1. The van der Waals surface area contributed by atoms with Crippen LogP contribution in [0.3, 0.4) is 0 Å². The maximum Gasteiger partial charge on any atom is 0.226 e. The van der Waals surface area contributed by atoms with E-state index in [0.717, 1.165) is 22.6 Å². The van der Waals surface area contributed by atoms with Crippen molar-refractivity contribution in [2.75, 3.05) is 12.4 Å². The molecule has 3 aromatic rings. The highest BCUT2D eigenvalue weighted by atomic mass is 79.9. The van der Waals surface area contributed by atoms with Gasteiger partial charge in [0.2, 0.25) is 5.95 Å². The normalized spacial score (nSPS) is 16.0. The highest BCUT2D eigenvalue weighted by Crippen LogP contribution is 2.33. The molecule has 1 aliphatic heterocycles. The first kappa shape index (κ1) is 15.8. The molecule has 0 saturated heterocycles. The van der Waals surface area contributed by atoms with Crippen molar-refractivity contribution < 1.29 is 9.13 Å². The number of allylic oxidation sites excluding steroid dienone is 1. The largest absolute Gasteiger partial charge is 0.497 e. The zero-order valence-corrected chi connectivity index (χ0v) is 14.9. The molecule has 126 valence electrons. The second-order valence-electron chi connectivity index (χ2n) is 5.58. The minimum atomic E-state index is -0.296. The molecular formula is C18H14BrFN4O. The molecule has 0 bridgehead atoms. The molecule has 2 heterocycles. The van der Waals surface area contributed by atoms with E-state index < -0.39 is 0 Å². The predicted molar refractivity (Wildman–Crippen MR) is 96.9 cm³/mol. The van der Waals surface area contributed by atoms with E-state index in [1.807, 2.05) is 30.3 Å². The fraction of sp³-hybridized carbons (Fsp3) is 0.111. The fourth-order valence-electron chi connectivity index (χ4n) is 2.81. The molecule has 7 heteroatoms. The summed E-state index contributed by atoms with van der Waals surface area (Å²) in [6, 6.07) is 12.5. The highest BCUT2D eigenvalue weighted by Gasteiger charge is 2.24. The van der Waals surface area contributed by atoms with E-state index in [1.54, 1.807) is 23.9 Å². The zero-order chi connectivity index (χ0) is 17.4. The summed E-state index contributed by atoms with van der Waals surface area (Å²) in [5, 5.41) is 7.57. The number of aromatic nitrogens is 3. The standard InChI is InChI=1S/C18H14BrFN4O/c1-25-13-5-2-11(3-6-13)16-9-17(24-18(23-16)21-10-22-24)12-4-7-15(20)14(19)8-12/h2-10,17H,1H3,(H,21,22,23)/t17-/m0/s1. The Labute approximate surface area is 152 Å². The van der Waals surface area contributed by atoms with Crippen LogP contribution in [0.25, 0.3) is 5.70 Å². The summed E-state index contributed by atoms with van der Waals surface area (Å²) in [4.78, 5) is 4.27. The lowest BCUT2D eigenvalue weighted by Gasteiger charge is -2.24. The maximum atomic E-state index is 13.6. The monoisotopic (exact) mass is 400 g/mol. The van der Waals surface area contributed by atoms with Crippen molar-refractivity contribution in [3.8, 4) is 5.75 Å². The van der Waals surface area contributed by atoms with Gasteiger partial charge in [-0.05, 0) is 69.5 Å². The van der Waals surface area contributed by atoms with E-state index in [1.165, 1.54) is 12.4 Å². The molecule has 0 spiro atoms. The molecule has 0 amide bonds. The molecule has 1 N–H and O–H groups in total. The van der Waals surface area contributed by atoms with Crippen LogP contribution in [0.2, 0.25) is 0 Å². The minimum absolute atomic E-state index is 0.187. The Hall–Kier alpha value is -2.67. The Balaban J connectivity index is 1.78. The second-order valence-corrected chi connectivity index (χ2v) is 6.43. The number of hydrogen-bond acceptors (Lipinski definition) is 4. The van der Waals surface area contributed by atoms with E-state index >= 15 is 0 Å². The number of nitrogens with zero attached hydrogens (tertiary/aromatic N) is 3. The van der Waals surface area contributed by atoms with Gasteiger partial charge in [0.1, 0.15) is 23.9 Å². The number of ether oxygens (including phenoxy) is 1. The van der Waals surface area contributed by atoms with Crippen LogP contribution < -0.4 is 10.1 Å². The summed E-state index contributed by atoms with van der Waals surface area (Å²) < 4.78 is 21.0. The third-order valence-corrected chi connectivity index (χ3v) is 4.70. The maximum absolute atomic E-state index is 13.6. The first-order valence-electron chi connectivity index (χ1n) is 7.63. The molecule has 1 atom stereocenters. The number of fused-ring (bicyclic) bond motifs is 1. The summed E-state index contributed by atoms with van der Waals surface area (Å²) in [6.07, 6.45) is 3.54. The van der Waals surface area contributed by atoms with Crippen LogP contribution in [0.5, 0.6) is 5.75 Å². The van der Waals surface area contributed by atoms with E-state index in [2.05, 4.69) is 31.3 Å². The van der Waals surface area contributed by atoms with Gasteiger partial charge in [0.05, 0.1) is 11.6 Å². The van der Waals surface area contributed by atoms with Crippen molar-refractivity contribution in [2.45, 2.75) is 6.04 Å². The average Bonchev–Trinajstić information content (AvgIpc) is 3.12. The van der Waals surface area contributed by atoms with Crippen LogP contribution in [0.4, 0.5) is 10.3 Å². The summed E-state index contributed by atoms with van der Waals surface area (Å²) in [5.74, 6) is 1.14. The lowest BCUT2D eigenvalue weighted by molar-refractivity contribution is 0.415. The van der Waals surface area contributed by atoms with Gasteiger partial charge in [-0.25, -0.2) is 9.07 Å². The number of halogens is 2. The molecule has 2 aromatic carbocycles. The summed E-state index contributed by atoms with van der Waals surface area (Å²) >= 11 is 3.25. The van der Waals surface area contributed by atoms with Gasteiger partial charge in [-0.3, -0.25) is 0 Å². The number of rotatable bonds is 3. The smallest absolute Gasteiger partial charge is 0.226 e. The quantitative estimate of drug-likeness (QED) is 0.713. The van der Waals surface area contributed by atoms with Crippen molar-refractivity contribution in [3.05, 3.63) is 76.3 Å².